The zero-order valence-electron chi connectivity index (χ0n) is 16.3. The molecule has 5 rings (SSSR count). The monoisotopic (exact) mass is 415 g/mol. The fraction of sp³-hybridized carbons (Fsp3) is 0.0476. The zero-order valence-corrected chi connectivity index (χ0v) is 16.3. The van der Waals surface area contributed by atoms with Gasteiger partial charge in [-0.2, -0.15) is 5.10 Å². The van der Waals surface area contributed by atoms with Gasteiger partial charge in [-0.1, -0.05) is 12.1 Å². The molecule has 5 N–H and O–H groups in total. The number of nitrogen functional groups attached to an aromatic ring is 1. The first kappa shape index (κ1) is 18.4. The van der Waals surface area contributed by atoms with Gasteiger partial charge in [-0.05, 0) is 29.8 Å². The van der Waals surface area contributed by atoms with E-state index in [1.165, 1.54) is 17.0 Å². The summed E-state index contributed by atoms with van der Waals surface area (Å²) in [7, 11) is 1.61. The van der Waals surface area contributed by atoms with Gasteiger partial charge in [-0.15, -0.1) is 0 Å². The summed E-state index contributed by atoms with van der Waals surface area (Å²) in [6.07, 6.45) is 2.72. The number of ether oxygens (including phenoxy) is 1. The second-order valence-corrected chi connectivity index (χ2v) is 6.83. The van der Waals surface area contributed by atoms with Gasteiger partial charge in [-0.25, -0.2) is 19.3 Å². The number of nitrogens with one attached hydrogen (secondary N) is 2. The van der Waals surface area contributed by atoms with Crippen molar-refractivity contribution in [2.24, 2.45) is 0 Å². The van der Waals surface area contributed by atoms with E-state index in [1.807, 2.05) is 42.5 Å². The van der Waals surface area contributed by atoms with Crippen molar-refractivity contribution in [3.8, 4) is 16.9 Å². The predicted molar refractivity (Wildman–Crippen MR) is 116 cm³/mol. The van der Waals surface area contributed by atoms with Gasteiger partial charge in [0.15, 0.2) is 5.82 Å². The molecule has 10 heteroatoms. The van der Waals surface area contributed by atoms with E-state index in [2.05, 4.69) is 25.4 Å². The number of rotatable bonds is 5. The average Bonchev–Trinajstić information content (AvgIpc) is 3.35. The Morgan fingerprint density at radius 2 is 2.03 bits per heavy atom. The maximum absolute atomic E-state index is 11.8. The van der Waals surface area contributed by atoms with Crippen LogP contribution in [0.3, 0.4) is 0 Å². The molecule has 0 bridgehead atoms. The number of methoxy groups -OCH3 is 1. The average molecular weight is 415 g/mol. The van der Waals surface area contributed by atoms with E-state index in [-0.39, 0.29) is 11.4 Å². The van der Waals surface area contributed by atoms with Gasteiger partial charge >= 0.3 is 5.97 Å². The highest BCUT2D eigenvalue weighted by molar-refractivity contribution is 6.04. The number of anilines is 3. The van der Waals surface area contributed by atoms with Crippen molar-refractivity contribution in [3.05, 3.63) is 60.6 Å². The maximum Gasteiger partial charge on any atom is 0.337 e. The number of nitrogens with two attached hydrogens (primary N) is 1. The number of benzene rings is 2. The minimum Gasteiger partial charge on any atom is -0.497 e. The number of imidazole rings is 1. The minimum absolute atomic E-state index is 0.0964. The number of aromatic nitrogens is 5. The SMILES string of the molecule is COc1ccc2nc(Nc3ccc(-c4c(C(=O)O)cn5ncnc(N)c45)cc3)[nH]c2c1. The predicted octanol–water partition coefficient (Wildman–Crippen LogP) is 3.31. The normalized spacial score (nSPS) is 11.1. The van der Waals surface area contributed by atoms with Crippen molar-refractivity contribution < 1.29 is 14.6 Å². The molecule has 5 aromatic rings. The molecule has 0 radical (unpaired) electrons. The molecule has 0 unspecified atom stereocenters. The summed E-state index contributed by atoms with van der Waals surface area (Å²) < 4.78 is 6.66. The third kappa shape index (κ3) is 3.15. The fourth-order valence-electron chi connectivity index (χ4n) is 3.52. The first-order valence-corrected chi connectivity index (χ1v) is 9.30. The number of aromatic carboxylic acids is 1. The van der Waals surface area contributed by atoms with E-state index in [0.29, 0.717) is 22.6 Å². The summed E-state index contributed by atoms with van der Waals surface area (Å²) in [5, 5.41) is 16.9. The Morgan fingerprint density at radius 3 is 2.77 bits per heavy atom. The fourth-order valence-corrected chi connectivity index (χ4v) is 3.52. The second-order valence-electron chi connectivity index (χ2n) is 6.83. The maximum atomic E-state index is 11.8. The number of hydrogen-bond donors (Lipinski definition) is 4. The highest BCUT2D eigenvalue weighted by Gasteiger charge is 2.21. The van der Waals surface area contributed by atoms with E-state index in [9.17, 15) is 9.90 Å². The molecule has 10 nitrogen and oxygen atoms in total. The van der Waals surface area contributed by atoms with E-state index in [1.54, 1.807) is 7.11 Å². The Kier molecular flexibility index (Phi) is 4.18. The largest absolute Gasteiger partial charge is 0.497 e. The summed E-state index contributed by atoms with van der Waals surface area (Å²) in [5.74, 6) is 0.454. The van der Waals surface area contributed by atoms with Crippen molar-refractivity contribution in [1.82, 2.24) is 24.6 Å². The highest BCUT2D eigenvalue weighted by Crippen LogP contribution is 2.33. The van der Waals surface area contributed by atoms with Crippen LogP contribution in [0.25, 0.3) is 27.7 Å². The van der Waals surface area contributed by atoms with Gasteiger partial charge in [0.1, 0.15) is 17.6 Å². The number of carbonyl (C=O) groups is 1. The van der Waals surface area contributed by atoms with Crippen molar-refractivity contribution in [1.29, 1.82) is 0 Å². The lowest BCUT2D eigenvalue weighted by Crippen LogP contribution is -1.99. The van der Waals surface area contributed by atoms with E-state index in [4.69, 9.17) is 10.5 Å². The number of carboxylic acids is 1. The molecule has 0 saturated carbocycles. The van der Waals surface area contributed by atoms with Crippen molar-refractivity contribution in [2.45, 2.75) is 0 Å². The topological polar surface area (TPSA) is 143 Å². The lowest BCUT2D eigenvalue weighted by Gasteiger charge is -2.07. The summed E-state index contributed by atoms with van der Waals surface area (Å²) in [4.78, 5) is 23.5. The quantitative estimate of drug-likeness (QED) is 0.342. The first-order chi connectivity index (χ1) is 15.0. The summed E-state index contributed by atoms with van der Waals surface area (Å²) >= 11 is 0. The molecule has 0 atom stereocenters. The van der Waals surface area contributed by atoms with Crippen LogP contribution in [0.4, 0.5) is 17.5 Å². The molecule has 31 heavy (non-hydrogen) atoms. The molecule has 3 aromatic heterocycles. The van der Waals surface area contributed by atoms with Crippen LogP contribution in [-0.4, -0.2) is 42.8 Å². The van der Waals surface area contributed by atoms with Crippen LogP contribution in [-0.2, 0) is 0 Å². The Balaban J connectivity index is 1.50. The van der Waals surface area contributed by atoms with Gasteiger partial charge in [-0.3, -0.25) is 0 Å². The van der Waals surface area contributed by atoms with Crippen LogP contribution in [0.5, 0.6) is 5.75 Å². The van der Waals surface area contributed by atoms with Gasteiger partial charge < -0.3 is 25.9 Å². The van der Waals surface area contributed by atoms with E-state index in [0.717, 1.165) is 22.5 Å². The number of fused-ring (bicyclic) bond motifs is 2. The molecule has 154 valence electrons. The van der Waals surface area contributed by atoms with Crippen molar-refractivity contribution in [2.75, 3.05) is 18.2 Å². The molecular weight excluding hydrogens is 398 g/mol. The summed E-state index contributed by atoms with van der Waals surface area (Å²) in [6, 6.07) is 12.9. The third-order valence-corrected chi connectivity index (χ3v) is 4.96. The molecule has 0 saturated heterocycles. The van der Waals surface area contributed by atoms with Gasteiger partial charge in [0.2, 0.25) is 5.95 Å². The number of hydrogen-bond acceptors (Lipinski definition) is 7. The molecule has 3 heterocycles. The molecule has 0 aliphatic heterocycles. The van der Waals surface area contributed by atoms with E-state index >= 15 is 0 Å². The van der Waals surface area contributed by atoms with Crippen LogP contribution >= 0.6 is 0 Å². The van der Waals surface area contributed by atoms with Crippen LogP contribution in [0.2, 0.25) is 0 Å². The van der Waals surface area contributed by atoms with Gasteiger partial charge in [0, 0.05) is 23.5 Å². The second kappa shape index (κ2) is 7.02. The van der Waals surface area contributed by atoms with Crippen molar-refractivity contribution >= 4 is 40.0 Å². The van der Waals surface area contributed by atoms with Crippen LogP contribution in [0.1, 0.15) is 10.4 Å². The lowest BCUT2D eigenvalue weighted by molar-refractivity contribution is 0.0697. The number of nitrogens with zero attached hydrogens (tertiary/aromatic N) is 4. The third-order valence-electron chi connectivity index (χ3n) is 4.96. The molecule has 0 fully saturated rings. The van der Waals surface area contributed by atoms with Crippen LogP contribution < -0.4 is 15.8 Å². The summed E-state index contributed by atoms with van der Waals surface area (Å²) in [6.45, 7) is 0. The number of carboxylic acid groups (broad SMARTS) is 1. The van der Waals surface area contributed by atoms with Crippen LogP contribution in [0, 0.1) is 0 Å². The summed E-state index contributed by atoms with van der Waals surface area (Å²) in [5.41, 5.74) is 10.1. The van der Waals surface area contributed by atoms with Crippen molar-refractivity contribution in [3.63, 3.8) is 0 Å². The number of H-pyrrole nitrogens is 1. The van der Waals surface area contributed by atoms with Crippen LogP contribution in [0.15, 0.2) is 55.0 Å². The van der Waals surface area contributed by atoms with E-state index < -0.39 is 5.97 Å². The molecule has 2 aromatic carbocycles. The Morgan fingerprint density at radius 1 is 1.23 bits per heavy atom. The smallest absolute Gasteiger partial charge is 0.337 e. The molecule has 0 spiro atoms. The molecule has 0 aliphatic carbocycles. The lowest BCUT2D eigenvalue weighted by atomic mass is 10.0. The standard InChI is InChI=1S/C21H17N7O3/c1-31-13-6-7-15-16(8-13)27-21(26-15)25-12-4-2-11(3-5-12)17-14(20(29)30)9-28-18(17)19(22)23-10-24-28/h2-10H,1H3,(H,29,30)(H2,22,23,24)(H2,25,26,27). The first-order valence-electron chi connectivity index (χ1n) is 9.30. The number of aromatic amines is 1. The zero-order chi connectivity index (χ0) is 21.5. The van der Waals surface area contributed by atoms with Gasteiger partial charge in [0.05, 0.1) is 23.7 Å². The Hall–Kier alpha value is -4.60. The molecule has 0 aliphatic rings. The molecular formula is C21H17N7O3. The molecule has 0 amide bonds. The highest BCUT2D eigenvalue weighted by atomic mass is 16.5. The Labute approximate surface area is 175 Å². The van der Waals surface area contributed by atoms with Gasteiger partial charge in [0.25, 0.3) is 0 Å². The Bertz CT molecular complexity index is 1440. The minimum atomic E-state index is -1.07.